The van der Waals surface area contributed by atoms with E-state index >= 15 is 0 Å². The molecule has 1 aromatic carbocycles. The van der Waals surface area contributed by atoms with Crippen LogP contribution < -0.4 is 5.32 Å². The largest absolute Gasteiger partial charge is 0.393 e. The first-order chi connectivity index (χ1) is 7.46. The van der Waals surface area contributed by atoms with Crippen molar-refractivity contribution in [1.82, 2.24) is 5.32 Å². The fraction of sp³-hybridized carbons (Fsp3) is 0.364. The van der Waals surface area contributed by atoms with Crippen LogP contribution in [0.15, 0.2) is 24.3 Å². The summed E-state index contributed by atoms with van der Waals surface area (Å²) in [6.07, 6.45) is 0. The molecule has 0 spiro atoms. The lowest BCUT2D eigenvalue weighted by molar-refractivity contribution is 0.00319. The molecule has 4 nitrogen and oxygen atoms in total. The summed E-state index contributed by atoms with van der Waals surface area (Å²) in [4.78, 5) is 11.7. The third-order valence-corrected chi connectivity index (χ3v) is 3.03. The quantitative estimate of drug-likeness (QED) is 0.712. The van der Waals surface area contributed by atoms with E-state index < -0.39 is 5.60 Å². The highest BCUT2D eigenvalue weighted by Crippen LogP contribution is 2.11. The third kappa shape index (κ3) is 3.73. The molecule has 3 N–H and O–H groups in total. The summed E-state index contributed by atoms with van der Waals surface area (Å²) >= 11 is 2.07. The van der Waals surface area contributed by atoms with Gasteiger partial charge in [0.15, 0.2) is 0 Å². The van der Waals surface area contributed by atoms with Crippen molar-refractivity contribution < 1.29 is 15.0 Å². The predicted molar refractivity (Wildman–Crippen MR) is 69.2 cm³/mol. The summed E-state index contributed by atoms with van der Waals surface area (Å²) in [7, 11) is 0. The number of aliphatic hydroxyl groups is 2. The first kappa shape index (κ1) is 13.4. The summed E-state index contributed by atoms with van der Waals surface area (Å²) in [5.41, 5.74) is -0.715. The zero-order valence-electron chi connectivity index (χ0n) is 8.90. The number of carbonyl (C=O) groups excluding carboxylic acids is 1. The van der Waals surface area contributed by atoms with Gasteiger partial charge in [-0.2, -0.15) is 0 Å². The second-order valence-electron chi connectivity index (χ2n) is 3.82. The Hall–Kier alpha value is -0.660. The van der Waals surface area contributed by atoms with Crippen LogP contribution >= 0.6 is 22.6 Å². The second kappa shape index (κ2) is 5.60. The van der Waals surface area contributed by atoms with E-state index in [0.29, 0.717) is 5.56 Å². The maximum absolute atomic E-state index is 11.7. The molecule has 0 radical (unpaired) electrons. The average molecular weight is 335 g/mol. The lowest BCUT2D eigenvalue weighted by Gasteiger charge is -2.20. The lowest BCUT2D eigenvalue weighted by Crippen LogP contribution is -2.43. The molecule has 0 aliphatic carbocycles. The van der Waals surface area contributed by atoms with Crippen molar-refractivity contribution in [3.05, 3.63) is 33.4 Å². The summed E-state index contributed by atoms with van der Waals surface area (Å²) in [5.74, 6) is -0.251. The molecule has 0 heterocycles. The number of hydrogen-bond donors (Lipinski definition) is 3. The molecular weight excluding hydrogens is 321 g/mol. The molecule has 88 valence electrons. The van der Waals surface area contributed by atoms with E-state index in [2.05, 4.69) is 27.9 Å². The van der Waals surface area contributed by atoms with E-state index in [1.807, 2.05) is 12.1 Å². The topological polar surface area (TPSA) is 69.6 Å². The highest BCUT2D eigenvalue weighted by molar-refractivity contribution is 14.1. The first-order valence-electron chi connectivity index (χ1n) is 4.82. The van der Waals surface area contributed by atoms with Crippen LogP contribution in [0.4, 0.5) is 0 Å². The zero-order chi connectivity index (χ0) is 12.2. The van der Waals surface area contributed by atoms with Gasteiger partial charge in [0.05, 0.1) is 12.2 Å². The lowest BCUT2D eigenvalue weighted by atomic mass is 10.1. The monoisotopic (exact) mass is 335 g/mol. The maximum atomic E-state index is 11.7. The number of nitrogens with one attached hydrogen (secondary N) is 1. The summed E-state index contributed by atoms with van der Waals surface area (Å²) in [6.45, 7) is 1.09. The van der Waals surface area contributed by atoms with E-state index in [-0.39, 0.29) is 19.1 Å². The Morgan fingerprint density at radius 3 is 2.69 bits per heavy atom. The standard InChI is InChI=1S/C11H14INO3/c1-11(16,7-14)6-13-10(15)8-4-2-3-5-9(8)12/h2-5,14,16H,6-7H2,1H3,(H,13,15). The maximum Gasteiger partial charge on any atom is 0.252 e. The van der Waals surface area contributed by atoms with Crippen molar-refractivity contribution in [2.75, 3.05) is 13.2 Å². The van der Waals surface area contributed by atoms with Gasteiger partial charge in [0, 0.05) is 10.1 Å². The molecule has 0 fully saturated rings. The van der Waals surface area contributed by atoms with E-state index in [0.717, 1.165) is 3.57 Å². The van der Waals surface area contributed by atoms with E-state index in [4.69, 9.17) is 5.11 Å². The van der Waals surface area contributed by atoms with E-state index in [1.54, 1.807) is 12.1 Å². The van der Waals surface area contributed by atoms with Crippen molar-refractivity contribution in [2.24, 2.45) is 0 Å². The summed E-state index contributed by atoms with van der Waals surface area (Å²) < 4.78 is 0.848. The minimum absolute atomic E-state index is 0.0211. The van der Waals surface area contributed by atoms with Gasteiger partial charge in [-0.05, 0) is 41.6 Å². The van der Waals surface area contributed by atoms with E-state index in [9.17, 15) is 9.90 Å². The van der Waals surface area contributed by atoms with Gasteiger partial charge < -0.3 is 15.5 Å². The van der Waals surface area contributed by atoms with Gasteiger partial charge in [0.25, 0.3) is 5.91 Å². The van der Waals surface area contributed by atoms with Gasteiger partial charge in [-0.25, -0.2) is 0 Å². The van der Waals surface area contributed by atoms with Crippen molar-refractivity contribution in [2.45, 2.75) is 12.5 Å². The number of aliphatic hydroxyl groups excluding tert-OH is 1. The smallest absolute Gasteiger partial charge is 0.252 e. The van der Waals surface area contributed by atoms with Crippen molar-refractivity contribution in [3.8, 4) is 0 Å². The minimum atomic E-state index is -1.28. The van der Waals surface area contributed by atoms with E-state index in [1.165, 1.54) is 6.92 Å². The average Bonchev–Trinajstić information content (AvgIpc) is 2.27. The Morgan fingerprint density at radius 1 is 1.50 bits per heavy atom. The Labute approximate surface area is 108 Å². The van der Waals surface area contributed by atoms with Gasteiger partial charge in [-0.3, -0.25) is 4.79 Å². The van der Waals surface area contributed by atoms with Crippen LogP contribution in [-0.4, -0.2) is 34.9 Å². The molecule has 1 atom stereocenters. The van der Waals surface area contributed by atoms with Crippen LogP contribution in [-0.2, 0) is 0 Å². The molecular formula is C11H14INO3. The van der Waals surface area contributed by atoms with Crippen LogP contribution in [0.5, 0.6) is 0 Å². The number of rotatable bonds is 4. The molecule has 0 aliphatic rings. The molecule has 0 aliphatic heterocycles. The first-order valence-corrected chi connectivity index (χ1v) is 5.90. The molecule has 0 saturated carbocycles. The molecule has 0 aromatic heterocycles. The van der Waals surface area contributed by atoms with Crippen LogP contribution in [0.2, 0.25) is 0 Å². The number of hydrogen-bond acceptors (Lipinski definition) is 3. The molecule has 1 unspecified atom stereocenters. The Kier molecular flexibility index (Phi) is 4.69. The highest BCUT2D eigenvalue weighted by atomic mass is 127. The molecule has 1 aromatic rings. The van der Waals surface area contributed by atoms with Crippen LogP contribution in [0.25, 0.3) is 0 Å². The number of halogens is 1. The van der Waals surface area contributed by atoms with Crippen molar-refractivity contribution >= 4 is 28.5 Å². The number of carbonyl (C=O) groups is 1. The van der Waals surface area contributed by atoms with Gasteiger partial charge in [-0.15, -0.1) is 0 Å². The Bertz CT molecular complexity index is 379. The molecule has 1 rings (SSSR count). The fourth-order valence-corrected chi connectivity index (χ4v) is 1.70. The summed E-state index contributed by atoms with van der Waals surface area (Å²) in [5, 5.41) is 20.9. The molecule has 5 heteroatoms. The Morgan fingerprint density at radius 2 is 2.12 bits per heavy atom. The zero-order valence-corrected chi connectivity index (χ0v) is 11.1. The van der Waals surface area contributed by atoms with Crippen molar-refractivity contribution in [3.63, 3.8) is 0 Å². The Balaban J connectivity index is 2.64. The van der Waals surface area contributed by atoms with Crippen LogP contribution in [0, 0.1) is 3.57 Å². The van der Waals surface area contributed by atoms with Gasteiger partial charge in [0.1, 0.15) is 5.60 Å². The van der Waals surface area contributed by atoms with Crippen LogP contribution in [0.1, 0.15) is 17.3 Å². The molecule has 1 amide bonds. The number of amides is 1. The molecule has 0 bridgehead atoms. The number of benzene rings is 1. The normalized spacial score (nSPS) is 14.2. The van der Waals surface area contributed by atoms with Gasteiger partial charge in [0.2, 0.25) is 0 Å². The van der Waals surface area contributed by atoms with Gasteiger partial charge in [-0.1, -0.05) is 12.1 Å². The third-order valence-electron chi connectivity index (χ3n) is 2.09. The van der Waals surface area contributed by atoms with Crippen LogP contribution in [0.3, 0.4) is 0 Å². The second-order valence-corrected chi connectivity index (χ2v) is 4.98. The summed E-state index contributed by atoms with van der Waals surface area (Å²) in [6, 6.07) is 7.17. The minimum Gasteiger partial charge on any atom is -0.393 e. The molecule has 0 saturated heterocycles. The van der Waals surface area contributed by atoms with Crippen molar-refractivity contribution in [1.29, 1.82) is 0 Å². The predicted octanol–water partition coefficient (Wildman–Crippen LogP) is 0.764. The molecule has 16 heavy (non-hydrogen) atoms. The fourth-order valence-electron chi connectivity index (χ4n) is 1.07. The SMILES string of the molecule is CC(O)(CO)CNC(=O)c1ccccc1I. The highest BCUT2D eigenvalue weighted by Gasteiger charge is 2.20. The van der Waals surface area contributed by atoms with Gasteiger partial charge >= 0.3 is 0 Å².